The molecule has 1 aromatic carbocycles. The fraction of sp³-hybridized carbons (Fsp3) is 0.450. The van der Waals surface area contributed by atoms with E-state index in [0.717, 1.165) is 45.0 Å². The van der Waals surface area contributed by atoms with Crippen LogP contribution in [-0.2, 0) is 18.3 Å². The lowest BCUT2D eigenvalue weighted by Gasteiger charge is -2.28. The molecule has 1 fully saturated rings. The number of carbonyl (C=O) groups is 1. The number of aryl methyl sites for hydroxylation is 1. The highest BCUT2D eigenvalue weighted by Gasteiger charge is 2.17. The third-order valence-electron chi connectivity index (χ3n) is 4.77. The summed E-state index contributed by atoms with van der Waals surface area (Å²) in [7, 11) is 1.96. The van der Waals surface area contributed by atoms with Crippen molar-refractivity contribution in [3.8, 4) is 0 Å². The molecule has 0 aliphatic carbocycles. The summed E-state index contributed by atoms with van der Waals surface area (Å²) in [6.07, 6.45) is 2.84. The van der Waals surface area contributed by atoms with Gasteiger partial charge in [0.1, 0.15) is 5.82 Å². The zero-order valence-electron chi connectivity index (χ0n) is 15.7. The van der Waals surface area contributed by atoms with Crippen molar-refractivity contribution in [3.05, 3.63) is 54.1 Å². The van der Waals surface area contributed by atoms with Crippen molar-refractivity contribution in [2.45, 2.75) is 13.0 Å². The summed E-state index contributed by atoms with van der Waals surface area (Å²) in [6.45, 7) is 5.48. The number of morpholine rings is 1. The van der Waals surface area contributed by atoms with Crippen LogP contribution in [0, 0.1) is 5.82 Å². The summed E-state index contributed by atoms with van der Waals surface area (Å²) in [6, 6.07) is 9.71. The largest absolute Gasteiger partial charge is 0.379 e. The van der Waals surface area contributed by atoms with Crippen LogP contribution in [0.15, 0.2) is 42.6 Å². The van der Waals surface area contributed by atoms with Crippen molar-refractivity contribution in [2.24, 2.45) is 7.05 Å². The molecule has 2 heterocycles. The monoisotopic (exact) mass is 374 g/mol. The van der Waals surface area contributed by atoms with Gasteiger partial charge in [-0.2, -0.15) is 0 Å². The molecule has 1 aliphatic heterocycles. The Morgan fingerprint density at radius 1 is 1.26 bits per heavy atom. The zero-order chi connectivity index (χ0) is 19.1. The highest BCUT2D eigenvalue weighted by Crippen LogP contribution is 2.13. The Morgan fingerprint density at radius 3 is 2.78 bits per heavy atom. The molecule has 0 unspecified atom stereocenters. The van der Waals surface area contributed by atoms with Gasteiger partial charge in [-0.05, 0) is 36.8 Å². The standard InChI is InChI=1S/C20H27FN4O2/c1-23-8-3-7-19(23)16-25(10-4-9-24-11-13-27-14-12-24)20(26)22-18-6-2-5-17(21)15-18/h2-3,5-8,15H,4,9-14,16H2,1H3,(H,22,26). The summed E-state index contributed by atoms with van der Waals surface area (Å²) >= 11 is 0. The minimum atomic E-state index is -0.367. The fourth-order valence-corrected chi connectivity index (χ4v) is 3.19. The second-order valence-corrected chi connectivity index (χ2v) is 6.78. The van der Waals surface area contributed by atoms with E-state index in [0.29, 0.717) is 18.8 Å². The van der Waals surface area contributed by atoms with E-state index in [4.69, 9.17) is 4.74 Å². The quantitative estimate of drug-likeness (QED) is 0.811. The predicted molar refractivity (Wildman–Crippen MR) is 103 cm³/mol. The van der Waals surface area contributed by atoms with Crippen LogP contribution in [0.25, 0.3) is 0 Å². The fourth-order valence-electron chi connectivity index (χ4n) is 3.19. The second-order valence-electron chi connectivity index (χ2n) is 6.78. The Kier molecular flexibility index (Phi) is 6.84. The third-order valence-corrected chi connectivity index (χ3v) is 4.77. The van der Waals surface area contributed by atoms with Gasteiger partial charge in [-0.15, -0.1) is 0 Å². The molecule has 3 rings (SSSR count). The van der Waals surface area contributed by atoms with Crippen LogP contribution >= 0.6 is 0 Å². The van der Waals surface area contributed by atoms with Gasteiger partial charge < -0.3 is 19.5 Å². The van der Waals surface area contributed by atoms with E-state index in [-0.39, 0.29) is 11.8 Å². The number of benzene rings is 1. The third kappa shape index (κ3) is 5.80. The number of nitrogens with one attached hydrogen (secondary N) is 1. The normalized spacial score (nSPS) is 14.9. The van der Waals surface area contributed by atoms with Gasteiger partial charge in [-0.1, -0.05) is 6.07 Å². The summed E-state index contributed by atoms with van der Waals surface area (Å²) < 4.78 is 20.8. The van der Waals surface area contributed by atoms with E-state index >= 15 is 0 Å². The van der Waals surface area contributed by atoms with Gasteiger partial charge in [0.25, 0.3) is 0 Å². The van der Waals surface area contributed by atoms with E-state index in [9.17, 15) is 9.18 Å². The number of hydrogen-bond acceptors (Lipinski definition) is 3. The van der Waals surface area contributed by atoms with Crippen molar-refractivity contribution in [1.29, 1.82) is 0 Å². The first kappa shape index (κ1) is 19.4. The molecule has 1 saturated heterocycles. The number of carbonyl (C=O) groups excluding carboxylic acids is 1. The number of hydrogen-bond donors (Lipinski definition) is 1. The van der Waals surface area contributed by atoms with Crippen molar-refractivity contribution < 1.29 is 13.9 Å². The van der Waals surface area contributed by atoms with E-state index in [1.54, 1.807) is 17.0 Å². The molecule has 7 heteroatoms. The number of halogens is 1. The lowest BCUT2D eigenvalue weighted by atomic mass is 10.3. The van der Waals surface area contributed by atoms with Gasteiger partial charge in [0.15, 0.2) is 0 Å². The van der Waals surface area contributed by atoms with Gasteiger partial charge in [0.2, 0.25) is 0 Å². The minimum absolute atomic E-state index is 0.219. The molecule has 1 aromatic heterocycles. The Bertz CT molecular complexity index is 743. The van der Waals surface area contributed by atoms with Crippen LogP contribution in [0.1, 0.15) is 12.1 Å². The smallest absolute Gasteiger partial charge is 0.322 e. The molecule has 2 amide bonds. The molecule has 0 spiro atoms. The predicted octanol–water partition coefficient (Wildman–Crippen LogP) is 2.92. The molecule has 27 heavy (non-hydrogen) atoms. The first-order valence-corrected chi connectivity index (χ1v) is 9.33. The summed E-state index contributed by atoms with van der Waals surface area (Å²) in [4.78, 5) is 16.9. The van der Waals surface area contributed by atoms with Crippen LogP contribution in [0.3, 0.4) is 0 Å². The van der Waals surface area contributed by atoms with E-state index in [2.05, 4.69) is 10.2 Å². The van der Waals surface area contributed by atoms with Gasteiger partial charge >= 0.3 is 6.03 Å². The Hall–Kier alpha value is -2.38. The zero-order valence-corrected chi connectivity index (χ0v) is 15.7. The number of ether oxygens (including phenoxy) is 1. The molecular weight excluding hydrogens is 347 g/mol. The maximum absolute atomic E-state index is 13.4. The van der Waals surface area contributed by atoms with Crippen LogP contribution in [0.5, 0.6) is 0 Å². The van der Waals surface area contributed by atoms with E-state index < -0.39 is 0 Å². The minimum Gasteiger partial charge on any atom is -0.379 e. The average molecular weight is 374 g/mol. The number of nitrogens with zero attached hydrogens (tertiary/aromatic N) is 3. The SMILES string of the molecule is Cn1cccc1CN(CCCN1CCOCC1)C(=O)Nc1cccc(F)c1. The van der Waals surface area contributed by atoms with Crippen molar-refractivity contribution >= 4 is 11.7 Å². The van der Waals surface area contributed by atoms with Crippen molar-refractivity contribution in [2.75, 3.05) is 44.7 Å². The molecular formula is C20H27FN4O2. The van der Waals surface area contributed by atoms with E-state index in [1.807, 2.05) is 29.9 Å². The average Bonchev–Trinajstić information content (AvgIpc) is 3.06. The molecule has 2 aromatic rings. The number of amides is 2. The molecule has 146 valence electrons. The highest BCUT2D eigenvalue weighted by molar-refractivity contribution is 5.89. The van der Waals surface area contributed by atoms with Crippen LogP contribution in [-0.4, -0.2) is 59.8 Å². The first-order chi connectivity index (χ1) is 13.1. The Balaban J connectivity index is 1.61. The Labute approximate surface area is 159 Å². The maximum atomic E-state index is 13.4. The molecule has 1 aliphatic rings. The molecule has 0 radical (unpaired) electrons. The second kappa shape index (κ2) is 9.53. The summed E-state index contributed by atoms with van der Waals surface area (Å²) in [5, 5.41) is 2.81. The van der Waals surface area contributed by atoms with Crippen LogP contribution in [0.4, 0.5) is 14.9 Å². The lowest BCUT2D eigenvalue weighted by molar-refractivity contribution is 0.0365. The van der Waals surface area contributed by atoms with Crippen molar-refractivity contribution in [1.82, 2.24) is 14.4 Å². The van der Waals surface area contributed by atoms with Crippen LogP contribution in [0.2, 0.25) is 0 Å². The van der Waals surface area contributed by atoms with Gasteiger partial charge in [-0.25, -0.2) is 9.18 Å². The lowest BCUT2D eigenvalue weighted by Crippen LogP contribution is -2.40. The van der Waals surface area contributed by atoms with Crippen molar-refractivity contribution in [3.63, 3.8) is 0 Å². The van der Waals surface area contributed by atoms with E-state index in [1.165, 1.54) is 12.1 Å². The molecule has 0 atom stereocenters. The number of urea groups is 1. The maximum Gasteiger partial charge on any atom is 0.322 e. The van der Waals surface area contributed by atoms with Gasteiger partial charge in [-0.3, -0.25) is 4.90 Å². The Morgan fingerprint density at radius 2 is 2.07 bits per heavy atom. The topological polar surface area (TPSA) is 49.7 Å². The van der Waals surface area contributed by atoms with Gasteiger partial charge in [0, 0.05) is 50.8 Å². The number of rotatable bonds is 7. The molecule has 0 bridgehead atoms. The summed E-state index contributed by atoms with van der Waals surface area (Å²) in [5.74, 6) is -0.367. The first-order valence-electron chi connectivity index (χ1n) is 9.33. The summed E-state index contributed by atoms with van der Waals surface area (Å²) in [5.41, 5.74) is 1.51. The number of anilines is 1. The highest BCUT2D eigenvalue weighted by atomic mass is 19.1. The number of aromatic nitrogens is 1. The van der Waals surface area contributed by atoms with Gasteiger partial charge in [0.05, 0.1) is 19.8 Å². The molecule has 6 nitrogen and oxygen atoms in total. The molecule has 0 saturated carbocycles. The van der Waals surface area contributed by atoms with Crippen LogP contribution < -0.4 is 5.32 Å². The molecule has 1 N–H and O–H groups in total.